The van der Waals surface area contributed by atoms with Crippen LogP contribution in [0.3, 0.4) is 0 Å². The first-order valence-corrected chi connectivity index (χ1v) is 4.62. The number of halogens is 1. The number of nitrogens with zero attached hydrogens (tertiary/aromatic N) is 1. The van der Waals surface area contributed by atoms with Crippen molar-refractivity contribution >= 4 is 28.2 Å². The van der Waals surface area contributed by atoms with E-state index in [4.69, 9.17) is 17.4 Å². The average Bonchev–Trinajstić information content (AvgIpc) is 2.19. The Morgan fingerprint density at radius 1 is 1.43 bits per heavy atom. The Kier molecular flexibility index (Phi) is 2.27. The maximum absolute atomic E-state index is 6.01. The molecule has 14 heavy (non-hydrogen) atoms. The number of anilines is 1. The molecule has 2 aromatic rings. The van der Waals surface area contributed by atoms with Crippen molar-refractivity contribution in [3.8, 4) is 0 Å². The highest BCUT2D eigenvalue weighted by atomic mass is 35.5. The largest absolute Gasteiger partial charge is 0.322 e. The number of nitrogens with two attached hydrogens (primary N) is 1. The third-order valence-electron chi connectivity index (χ3n) is 2.14. The van der Waals surface area contributed by atoms with Crippen LogP contribution in [0.5, 0.6) is 0 Å². The zero-order chi connectivity index (χ0) is 10.1. The molecule has 0 aliphatic heterocycles. The Morgan fingerprint density at radius 2 is 2.21 bits per heavy atom. The predicted octanol–water partition coefficient (Wildman–Crippen LogP) is 2.48. The zero-order valence-corrected chi connectivity index (χ0v) is 8.47. The maximum atomic E-state index is 6.01. The number of fused-ring (bicyclic) bond motifs is 1. The Labute approximate surface area is 86.9 Å². The second-order valence-electron chi connectivity index (χ2n) is 3.08. The lowest BCUT2D eigenvalue weighted by molar-refractivity contribution is 1.21. The lowest BCUT2D eigenvalue weighted by Gasteiger charge is -2.06. The number of benzene rings is 1. The highest BCUT2D eigenvalue weighted by Crippen LogP contribution is 2.25. The monoisotopic (exact) mass is 207 g/mol. The number of hydrogen-bond acceptors (Lipinski definition) is 3. The average molecular weight is 208 g/mol. The molecule has 0 spiro atoms. The van der Waals surface area contributed by atoms with Crippen LogP contribution in [-0.2, 0) is 0 Å². The number of aromatic nitrogens is 1. The van der Waals surface area contributed by atoms with E-state index in [-0.39, 0.29) is 0 Å². The summed E-state index contributed by atoms with van der Waals surface area (Å²) >= 11 is 6.01. The van der Waals surface area contributed by atoms with Gasteiger partial charge in [0.05, 0.1) is 21.9 Å². The number of hydrogen-bond donors (Lipinski definition) is 2. The van der Waals surface area contributed by atoms with Crippen LogP contribution in [0.15, 0.2) is 24.3 Å². The van der Waals surface area contributed by atoms with Crippen LogP contribution >= 0.6 is 11.6 Å². The molecule has 72 valence electrons. The maximum Gasteiger partial charge on any atom is 0.0892 e. The first-order valence-electron chi connectivity index (χ1n) is 4.25. The molecular formula is C10H10ClN3. The van der Waals surface area contributed by atoms with Crippen molar-refractivity contribution in [2.75, 3.05) is 5.43 Å². The molecule has 0 aliphatic carbocycles. The quantitative estimate of drug-likeness (QED) is 0.558. The van der Waals surface area contributed by atoms with Gasteiger partial charge in [0, 0.05) is 5.39 Å². The van der Waals surface area contributed by atoms with E-state index in [0.29, 0.717) is 5.02 Å². The summed E-state index contributed by atoms with van der Waals surface area (Å²) in [6.45, 7) is 1.89. The van der Waals surface area contributed by atoms with Crippen molar-refractivity contribution in [3.63, 3.8) is 0 Å². The summed E-state index contributed by atoms with van der Waals surface area (Å²) in [5.41, 5.74) is 5.07. The molecule has 0 radical (unpaired) electrons. The smallest absolute Gasteiger partial charge is 0.0892 e. The summed E-state index contributed by atoms with van der Waals surface area (Å²) in [7, 11) is 0. The Morgan fingerprint density at radius 3 is 2.93 bits per heavy atom. The van der Waals surface area contributed by atoms with Gasteiger partial charge in [0.15, 0.2) is 0 Å². The van der Waals surface area contributed by atoms with Gasteiger partial charge >= 0.3 is 0 Å². The number of pyridine rings is 1. The van der Waals surface area contributed by atoms with Crippen LogP contribution in [0, 0.1) is 6.92 Å². The van der Waals surface area contributed by atoms with Gasteiger partial charge < -0.3 is 5.43 Å². The highest BCUT2D eigenvalue weighted by molar-refractivity contribution is 6.35. The summed E-state index contributed by atoms with van der Waals surface area (Å²) in [4.78, 5) is 4.37. The normalized spacial score (nSPS) is 10.5. The molecule has 1 heterocycles. The van der Waals surface area contributed by atoms with Crippen molar-refractivity contribution in [3.05, 3.63) is 35.0 Å². The molecule has 0 bridgehead atoms. The molecule has 4 heteroatoms. The molecule has 2 rings (SSSR count). The molecule has 0 amide bonds. The van der Waals surface area contributed by atoms with E-state index in [1.165, 1.54) is 0 Å². The third-order valence-corrected chi connectivity index (χ3v) is 2.45. The molecule has 1 aromatic heterocycles. The molecular weight excluding hydrogens is 198 g/mol. The molecule has 1 aromatic carbocycles. The van der Waals surface area contributed by atoms with Crippen molar-refractivity contribution in [1.29, 1.82) is 0 Å². The van der Waals surface area contributed by atoms with Gasteiger partial charge in [0.2, 0.25) is 0 Å². The van der Waals surface area contributed by atoms with Gasteiger partial charge in [-0.3, -0.25) is 5.84 Å². The predicted molar refractivity (Wildman–Crippen MR) is 59.3 cm³/mol. The van der Waals surface area contributed by atoms with Gasteiger partial charge in [-0.25, -0.2) is 4.98 Å². The van der Waals surface area contributed by atoms with Crippen LogP contribution in [0.1, 0.15) is 5.69 Å². The molecule has 0 saturated carbocycles. The molecule has 0 unspecified atom stereocenters. The summed E-state index contributed by atoms with van der Waals surface area (Å²) in [6.07, 6.45) is 0. The summed E-state index contributed by atoms with van der Waals surface area (Å²) in [5.74, 6) is 5.36. The lowest BCUT2D eigenvalue weighted by Crippen LogP contribution is -2.08. The van der Waals surface area contributed by atoms with E-state index >= 15 is 0 Å². The molecule has 3 nitrogen and oxygen atoms in total. The standard InChI is InChI=1S/C10H10ClN3/c1-6-9(14-12)5-7-3-2-4-8(11)10(7)13-6/h2-5,14H,12H2,1H3. The molecule has 0 saturated heterocycles. The first-order chi connectivity index (χ1) is 6.72. The minimum absolute atomic E-state index is 0.661. The lowest BCUT2D eigenvalue weighted by atomic mass is 10.2. The van der Waals surface area contributed by atoms with Crippen molar-refractivity contribution in [2.45, 2.75) is 6.92 Å². The van der Waals surface area contributed by atoms with E-state index < -0.39 is 0 Å². The van der Waals surface area contributed by atoms with Crippen LogP contribution in [-0.4, -0.2) is 4.98 Å². The second kappa shape index (κ2) is 3.44. The molecule has 3 N–H and O–H groups in total. The van der Waals surface area contributed by atoms with Crippen molar-refractivity contribution in [2.24, 2.45) is 5.84 Å². The minimum Gasteiger partial charge on any atom is -0.322 e. The Balaban J connectivity index is 2.79. The molecule has 0 atom stereocenters. The van der Waals surface area contributed by atoms with Crippen LogP contribution in [0.2, 0.25) is 5.02 Å². The van der Waals surface area contributed by atoms with Crippen LogP contribution < -0.4 is 11.3 Å². The van der Waals surface area contributed by atoms with Crippen LogP contribution in [0.25, 0.3) is 10.9 Å². The molecule has 0 fully saturated rings. The van der Waals surface area contributed by atoms with E-state index in [0.717, 1.165) is 22.3 Å². The van der Waals surface area contributed by atoms with E-state index in [1.54, 1.807) is 0 Å². The van der Waals surface area contributed by atoms with E-state index in [9.17, 15) is 0 Å². The topological polar surface area (TPSA) is 50.9 Å². The van der Waals surface area contributed by atoms with Gasteiger partial charge in [-0.2, -0.15) is 0 Å². The SMILES string of the molecule is Cc1nc2c(Cl)cccc2cc1NN. The highest BCUT2D eigenvalue weighted by Gasteiger charge is 2.04. The Bertz CT molecular complexity index is 482. The molecule has 0 aliphatic rings. The zero-order valence-electron chi connectivity index (χ0n) is 7.71. The fourth-order valence-corrected chi connectivity index (χ4v) is 1.62. The van der Waals surface area contributed by atoms with Crippen molar-refractivity contribution < 1.29 is 0 Å². The number of hydrazine groups is 1. The number of aryl methyl sites for hydroxylation is 1. The summed E-state index contributed by atoms with van der Waals surface area (Å²) in [6, 6.07) is 7.60. The third kappa shape index (κ3) is 1.41. The van der Waals surface area contributed by atoms with Gasteiger partial charge in [-0.05, 0) is 19.1 Å². The van der Waals surface area contributed by atoms with Crippen molar-refractivity contribution in [1.82, 2.24) is 4.98 Å². The van der Waals surface area contributed by atoms with Gasteiger partial charge in [0.1, 0.15) is 0 Å². The fraction of sp³-hybridized carbons (Fsp3) is 0.100. The number of para-hydroxylation sites is 1. The van der Waals surface area contributed by atoms with Gasteiger partial charge in [-0.15, -0.1) is 0 Å². The van der Waals surface area contributed by atoms with E-state index in [1.807, 2.05) is 31.2 Å². The second-order valence-corrected chi connectivity index (χ2v) is 3.48. The van der Waals surface area contributed by atoms with Gasteiger partial charge in [0.25, 0.3) is 0 Å². The van der Waals surface area contributed by atoms with Gasteiger partial charge in [-0.1, -0.05) is 23.7 Å². The number of rotatable bonds is 1. The van der Waals surface area contributed by atoms with E-state index in [2.05, 4.69) is 10.4 Å². The Hall–Kier alpha value is -1.32. The minimum atomic E-state index is 0.661. The summed E-state index contributed by atoms with van der Waals surface area (Å²) in [5, 5.41) is 1.64. The summed E-state index contributed by atoms with van der Waals surface area (Å²) < 4.78 is 0. The first kappa shape index (κ1) is 9.24. The van der Waals surface area contributed by atoms with Crippen LogP contribution in [0.4, 0.5) is 5.69 Å². The number of nitrogens with one attached hydrogen (secondary N) is 1. The fourth-order valence-electron chi connectivity index (χ4n) is 1.40. The number of nitrogen functional groups attached to an aromatic ring is 1.